The van der Waals surface area contributed by atoms with Gasteiger partial charge in [0, 0.05) is 12.8 Å². The van der Waals surface area contributed by atoms with E-state index in [4.69, 9.17) is 15.3 Å². The quantitative estimate of drug-likeness (QED) is 0.778. The van der Waals surface area contributed by atoms with Crippen molar-refractivity contribution in [2.75, 3.05) is 25.6 Å². The van der Waals surface area contributed by atoms with E-state index in [2.05, 4.69) is 9.97 Å². The Morgan fingerprint density at radius 1 is 1.64 bits per heavy atom. The molecule has 1 aliphatic rings. The summed E-state index contributed by atoms with van der Waals surface area (Å²) in [5, 5.41) is 1.09. The zero-order chi connectivity index (χ0) is 15.9. The summed E-state index contributed by atoms with van der Waals surface area (Å²) in [6.07, 6.45) is 0.920. The lowest BCUT2D eigenvalue weighted by Crippen LogP contribution is -2.34. The molecule has 0 saturated carbocycles. The SMILES string of the molecule is CON(C)C(=O)C1OC(n2c(=O)sc3cnc(N)nc32)CS1. The molecule has 2 atom stereocenters. The number of carbonyl (C=O) groups is 1. The maximum atomic E-state index is 12.2. The van der Waals surface area contributed by atoms with Crippen LogP contribution in [0.15, 0.2) is 11.0 Å². The van der Waals surface area contributed by atoms with Crippen molar-refractivity contribution in [1.29, 1.82) is 0 Å². The summed E-state index contributed by atoms with van der Waals surface area (Å²) in [7, 11) is 2.89. The van der Waals surface area contributed by atoms with Crippen LogP contribution in [0.3, 0.4) is 0 Å². The topological polar surface area (TPSA) is 113 Å². The molecule has 0 radical (unpaired) electrons. The molecule has 1 saturated heterocycles. The van der Waals surface area contributed by atoms with Gasteiger partial charge in [-0.05, 0) is 0 Å². The van der Waals surface area contributed by atoms with E-state index in [1.54, 1.807) is 0 Å². The van der Waals surface area contributed by atoms with Crippen LogP contribution in [0.25, 0.3) is 10.3 Å². The maximum absolute atomic E-state index is 12.2. The van der Waals surface area contributed by atoms with E-state index in [-0.39, 0.29) is 16.7 Å². The largest absolute Gasteiger partial charge is 0.368 e. The number of fused-ring (bicyclic) bond motifs is 1. The number of nitrogen functional groups attached to an aromatic ring is 1. The molecule has 0 spiro atoms. The number of nitrogens with zero attached hydrogens (tertiary/aromatic N) is 4. The Morgan fingerprint density at radius 2 is 2.41 bits per heavy atom. The average Bonchev–Trinajstić information content (AvgIpc) is 3.09. The molecule has 11 heteroatoms. The molecular formula is C11H13N5O4S2. The lowest BCUT2D eigenvalue weighted by molar-refractivity contribution is -0.177. The van der Waals surface area contributed by atoms with Gasteiger partial charge >= 0.3 is 4.87 Å². The highest BCUT2D eigenvalue weighted by Crippen LogP contribution is 2.34. The van der Waals surface area contributed by atoms with Crippen molar-refractivity contribution in [3.63, 3.8) is 0 Å². The molecule has 0 aromatic carbocycles. The van der Waals surface area contributed by atoms with Crippen LogP contribution >= 0.6 is 23.1 Å². The number of carbonyl (C=O) groups excluding carboxylic acids is 1. The minimum absolute atomic E-state index is 0.0800. The van der Waals surface area contributed by atoms with Crippen LogP contribution < -0.4 is 10.6 Å². The van der Waals surface area contributed by atoms with Crippen LogP contribution in [0.2, 0.25) is 0 Å². The Hall–Kier alpha value is -1.69. The molecule has 9 nitrogen and oxygen atoms in total. The molecule has 22 heavy (non-hydrogen) atoms. The van der Waals surface area contributed by atoms with Crippen molar-refractivity contribution in [2.45, 2.75) is 11.7 Å². The number of amides is 1. The molecule has 3 heterocycles. The summed E-state index contributed by atoms with van der Waals surface area (Å²) >= 11 is 2.31. The minimum atomic E-state index is -0.726. The lowest BCUT2D eigenvalue weighted by atomic mass is 10.5. The fourth-order valence-corrected chi connectivity index (χ4v) is 3.89. The molecule has 0 bridgehead atoms. The normalized spacial score (nSPS) is 21.4. The molecule has 2 unspecified atom stereocenters. The van der Waals surface area contributed by atoms with Gasteiger partial charge in [0.25, 0.3) is 5.91 Å². The Labute approximate surface area is 133 Å². The number of hydroxylamine groups is 2. The molecule has 118 valence electrons. The lowest BCUT2D eigenvalue weighted by Gasteiger charge is -2.18. The van der Waals surface area contributed by atoms with Crippen LogP contribution in [0.1, 0.15) is 6.23 Å². The third-order valence-electron chi connectivity index (χ3n) is 3.12. The average molecular weight is 343 g/mol. The first kappa shape index (κ1) is 15.2. The standard InChI is InChI=1S/C11H13N5O4S2/c1-15(19-2)8(17)9-20-6(4-21-9)16-7-5(22-11(16)18)3-13-10(12)14-7/h3,6,9H,4H2,1-2H3,(H2,12,13,14). The fourth-order valence-electron chi connectivity index (χ4n) is 2.00. The van der Waals surface area contributed by atoms with Gasteiger partial charge in [-0.2, -0.15) is 4.98 Å². The zero-order valence-corrected chi connectivity index (χ0v) is 13.4. The maximum Gasteiger partial charge on any atom is 0.311 e. The van der Waals surface area contributed by atoms with Crippen LogP contribution in [0, 0.1) is 0 Å². The first-order chi connectivity index (χ1) is 10.5. The number of nitrogens with two attached hydrogens (primary N) is 1. The first-order valence-corrected chi connectivity index (χ1v) is 8.10. The Morgan fingerprint density at radius 3 is 3.14 bits per heavy atom. The van der Waals surface area contributed by atoms with Crippen LogP contribution in [-0.4, -0.2) is 50.9 Å². The minimum Gasteiger partial charge on any atom is -0.368 e. The summed E-state index contributed by atoms with van der Waals surface area (Å²) in [4.78, 5) is 36.8. The highest BCUT2D eigenvalue weighted by atomic mass is 32.2. The van der Waals surface area contributed by atoms with Crippen molar-refractivity contribution in [3.8, 4) is 0 Å². The highest BCUT2D eigenvalue weighted by Gasteiger charge is 2.36. The van der Waals surface area contributed by atoms with Crippen LogP contribution in [-0.2, 0) is 14.4 Å². The van der Waals surface area contributed by atoms with Gasteiger partial charge in [-0.15, -0.1) is 11.8 Å². The van der Waals surface area contributed by atoms with Gasteiger partial charge in [0.2, 0.25) is 5.95 Å². The number of likely N-dealkylation sites (N-methyl/N-ethyl adjacent to an activating group) is 1. The van der Waals surface area contributed by atoms with Crippen LogP contribution in [0.5, 0.6) is 0 Å². The van der Waals surface area contributed by atoms with Gasteiger partial charge in [0.15, 0.2) is 17.3 Å². The van der Waals surface area contributed by atoms with Crippen molar-refractivity contribution < 1.29 is 14.4 Å². The molecule has 1 aliphatic heterocycles. The second-order valence-electron chi connectivity index (χ2n) is 4.43. The van der Waals surface area contributed by atoms with Crippen molar-refractivity contribution in [1.82, 2.24) is 19.6 Å². The summed E-state index contributed by atoms with van der Waals surface area (Å²) in [5.41, 5.74) is 5.27. The second-order valence-corrected chi connectivity index (χ2v) is 6.52. The number of aromatic nitrogens is 3. The molecule has 2 N–H and O–H groups in total. The first-order valence-electron chi connectivity index (χ1n) is 6.23. The third kappa shape index (κ3) is 2.56. The van der Waals surface area contributed by atoms with E-state index in [1.165, 1.54) is 36.7 Å². The van der Waals surface area contributed by atoms with Crippen LogP contribution in [0.4, 0.5) is 5.95 Å². The van der Waals surface area contributed by atoms with E-state index in [0.29, 0.717) is 16.1 Å². The highest BCUT2D eigenvalue weighted by molar-refractivity contribution is 8.00. The number of anilines is 1. The van der Waals surface area contributed by atoms with E-state index in [0.717, 1.165) is 16.4 Å². The summed E-state index contributed by atoms with van der Waals surface area (Å²) in [6.45, 7) is 0. The van der Waals surface area contributed by atoms with Gasteiger partial charge in [-0.25, -0.2) is 10.0 Å². The number of thiazole rings is 1. The monoisotopic (exact) mass is 343 g/mol. The zero-order valence-electron chi connectivity index (χ0n) is 11.8. The molecule has 0 aliphatic carbocycles. The van der Waals surface area contributed by atoms with E-state index >= 15 is 0 Å². The van der Waals surface area contributed by atoms with Crippen molar-refractivity contribution in [2.24, 2.45) is 0 Å². The summed E-state index contributed by atoms with van der Waals surface area (Å²) < 4.78 is 7.71. The van der Waals surface area contributed by atoms with Gasteiger partial charge in [-0.1, -0.05) is 11.3 Å². The van der Waals surface area contributed by atoms with Gasteiger partial charge in [0.1, 0.15) is 0 Å². The predicted octanol–water partition coefficient (Wildman–Crippen LogP) is 0.0431. The van der Waals surface area contributed by atoms with Crippen molar-refractivity contribution >= 4 is 45.3 Å². The molecule has 2 aromatic heterocycles. The molecular weight excluding hydrogens is 330 g/mol. The smallest absolute Gasteiger partial charge is 0.311 e. The summed E-state index contributed by atoms with van der Waals surface area (Å²) in [5.74, 6) is 0.206. The van der Waals surface area contributed by atoms with Gasteiger partial charge < -0.3 is 10.5 Å². The third-order valence-corrected chi connectivity index (χ3v) is 5.09. The second kappa shape index (κ2) is 5.83. The predicted molar refractivity (Wildman–Crippen MR) is 82.2 cm³/mol. The molecule has 1 fully saturated rings. The molecule has 1 amide bonds. The Bertz CT molecular complexity index is 775. The van der Waals surface area contributed by atoms with E-state index in [1.807, 2.05) is 0 Å². The number of thioether (sulfide) groups is 1. The van der Waals surface area contributed by atoms with E-state index in [9.17, 15) is 9.59 Å². The molecule has 3 rings (SSSR count). The summed E-state index contributed by atoms with van der Waals surface area (Å²) in [6, 6.07) is 0. The van der Waals surface area contributed by atoms with Gasteiger partial charge in [-0.3, -0.25) is 19.0 Å². The molecule has 2 aromatic rings. The Kier molecular flexibility index (Phi) is 4.04. The van der Waals surface area contributed by atoms with Gasteiger partial charge in [0.05, 0.1) is 18.0 Å². The van der Waals surface area contributed by atoms with E-state index < -0.39 is 11.7 Å². The number of hydrogen-bond donors (Lipinski definition) is 1. The Balaban J connectivity index is 1.90. The number of rotatable bonds is 3. The fraction of sp³-hybridized carbons (Fsp3) is 0.455. The number of ether oxygens (including phenoxy) is 1. The van der Waals surface area contributed by atoms with Crippen molar-refractivity contribution in [3.05, 3.63) is 15.9 Å². The number of hydrogen-bond acceptors (Lipinski definition) is 9.